The molecule has 1 aliphatic rings. The number of hydrogen-bond donors (Lipinski definition) is 3. The third kappa shape index (κ3) is 6.04. The molecule has 4 rings (SSSR count). The average Bonchev–Trinajstić information content (AvgIpc) is 2.81. The van der Waals surface area contributed by atoms with Gasteiger partial charge in [-0.3, -0.25) is 4.79 Å². The number of rotatable bonds is 8. The number of carbonyl (C=O) groups is 1. The molecule has 172 valence electrons. The summed E-state index contributed by atoms with van der Waals surface area (Å²) in [5.41, 5.74) is 3.51. The standard InChI is InChI=1S/C23H25Cl2N7O/c1-31-7-9-32(10-8-31)21-6-5-18(12-19(21)24)29-23-27-14-20(25)22(30-23)26-13-16-3-2-4-17(11-16)28-15-33/h2-6,11-12,14-15H,7-10,13H2,1H3,(H,28,33)(H2,26,27,29,30). The van der Waals surface area contributed by atoms with E-state index in [1.807, 2.05) is 42.5 Å². The van der Waals surface area contributed by atoms with Crippen molar-refractivity contribution in [2.24, 2.45) is 0 Å². The Labute approximate surface area is 202 Å². The Hall–Kier alpha value is -3.07. The highest BCUT2D eigenvalue weighted by Gasteiger charge is 2.17. The number of nitrogens with zero attached hydrogens (tertiary/aromatic N) is 4. The lowest BCUT2D eigenvalue weighted by molar-refractivity contribution is -0.105. The number of carbonyl (C=O) groups excluding carboxylic acids is 1. The van der Waals surface area contributed by atoms with Gasteiger partial charge in [0.1, 0.15) is 5.02 Å². The van der Waals surface area contributed by atoms with Crippen LogP contribution in [-0.2, 0) is 11.3 Å². The number of halogens is 2. The summed E-state index contributed by atoms with van der Waals surface area (Å²) in [4.78, 5) is 24.0. The van der Waals surface area contributed by atoms with Crippen molar-refractivity contribution in [3.63, 3.8) is 0 Å². The molecule has 3 aromatic rings. The summed E-state index contributed by atoms with van der Waals surface area (Å²) in [6.45, 7) is 4.42. The minimum Gasteiger partial charge on any atom is -0.368 e. The summed E-state index contributed by atoms with van der Waals surface area (Å²) in [6, 6.07) is 13.4. The number of anilines is 5. The number of amides is 1. The van der Waals surface area contributed by atoms with Crippen LogP contribution in [0.2, 0.25) is 10.0 Å². The minimum absolute atomic E-state index is 0.404. The van der Waals surface area contributed by atoms with Gasteiger partial charge in [-0.1, -0.05) is 35.3 Å². The van der Waals surface area contributed by atoms with Crippen molar-refractivity contribution in [3.8, 4) is 0 Å². The molecule has 1 aliphatic heterocycles. The largest absolute Gasteiger partial charge is 0.368 e. The van der Waals surface area contributed by atoms with Gasteiger partial charge >= 0.3 is 0 Å². The molecule has 0 atom stereocenters. The summed E-state index contributed by atoms with van der Waals surface area (Å²) in [6.07, 6.45) is 2.19. The van der Waals surface area contributed by atoms with E-state index in [0.717, 1.165) is 48.8 Å². The Kier molecular flexibility index (Phi) is 7.49. The monoisotopic (exact) mass is 485 g/mol. The molecule has 8 nitrogen and oxygen atoms in total. The molecule has 2 aromatic carbocycles. The zero-order valence-electron chi connectivity index (χ0n) is 18.2. The van der Waals surface area contributed by atoms with Crippen LogP contribution in [0, 0.1) is 0 Å². The van der Waals surface area contributed by atoms with Crippen molar-refractivity contribution in [1.29, 1.82) is 0 Å². The summed E-state index contributed by atoms with van der Waals surface area (Å²) in [7, 11) is 2.13. The minimum atomic E-state index is 0.404. The fourth-order valence-electron chi connectivity index (χ4n) is 3.59. The normalized spacial score (nSPS) is 14.1. The number of hydrogen-bond acceptors (Lipinski definition) is 7. The van der Waals surface area contributed by atoms with Crippen LogP contribution in [0.15, 0.2) is 48.7 Å². The molecule has 0 radical (unpaired) electrons. The first-order valence-electron chi connectivity index (χ1n) is 10.6. The van der Waals surface area contributed by atoms with E-state index in [1.54, 1.807) is 6.20 Å². The lowest BCUT2D eigenvalue weighted by Gasteiger charge is -2.34. The van der Waals surface area contributed by atoms with E-state index in [-0.39, 0.29) is 0 Å². The third-order valence-electron chi connectivity index (χ3n) is 5.40. The molecule has 1 amide bonds. The molecule has 10 heteroatoms. The maximum atomic E-state index is 10.6. The first-order valence-corrected chi connectivity index (χ1v) is 11.3. The van der Waals surface area contributed by atoms with Gasteiger partial charge < -0.3 is 25.8 Å². The van der Waals surface area contributed by atoms with Crippen LogP contribution in [0.1, 0.15) is 5.56 Å². The van der Waals surface area contributed by atoms with E-state index in [1.165, 1.54) is 0 Å². The molecular formula is C23H25Cl2N7O. The Morgan fingerprint density at radius 2 is 1.85 bits per heavy atom. The maximum Gasteiger partial charge on any atom is 0.229 e. The van der Waals surface area contributed by atoms with Crippen molar-refractivity contribution in [1.82, 2.24) is 14.9 Å². The summed E-state index contributed by atoms with van der Waals surface area (Å²) in [5.74, 6) is 0.907. The van der Waals surface area contributed by atoms with Gasteiger partial charge in [0.2, 0.25) is 12.4 Å². The van der Waals surface area contributed by atoms with Gasteiger partial charge in [0.05, 0.1) is 16.9 Å². The highest BCUT2D eigenvalue weighted by atomic mass is 35.5. The molecule has 0 aliphatic carbocycles. The topological polar surface area (TPSA) is 85.4 Å². The molecule has 0 saturated carbocycles. The Morgan fingerprint density at radius 3 is 2.61 bits per heavy atom. The van der Waals surface area contributed by atoms with Crippen molar-refractivity contribution in [2.75, 3.05) is 54.1 Å². The lowest BCUT2D eigenvalue weighted by atomic mass is 10.2. The van der Waals surface area contributed by atoms with Crippen LogP contribution in [0.5, 0.6) is 0 Å². The Morgan fingerprint density at radius 1 is 1.03 bits per heavy atom. The van der Waals surface area contributed by atoms with Crippen LogP contribution in [0.3, 0.4) is 0 Å². The van der Waals surface area contributed by atoms with Gasteiger partial charge in [0, 0.05) is 44.1 Å². The van der Waals surface area contributed by atoms with E-state index in [2.05, 4.69) is 42.8 Å². The van der Waals surface area contributed by atoms with Crippen LogP contribution in [-0.4, -0.2) is 54.5 Å². The molecule has 3 N–H and O–H groups in total. The van der Waals surface area contributed by atoms with Crippen LogP contribution >= 0.6 is 23.2 Å². The average molecular weight is 486 g/mol. The molecule has 1 saturated heterocycles. The lowest BCUT2D eigenvalue weighted by Crippen LogP contribution is -2.44. The SMILES string of the molecule is CN1CCN(c2ccc(Nc3ncc(Cl)c(NCc4cccc(NC=O)c4)n3)cc2Cl)CC1. The summed E-state index contributed by atoms with van der Waals surface area (Å²) >= 11 is 12.9. The summed E-state index contributed by atoms with van der Waals surface area (Å²) in [5, 5.41) is 10.1. The number of nitrogens with one attached hydrogen (secondary N) is 3. The third-order valence-corrected chi connectivity index (χ3v) is 5.98. The zero-order valence-corrected chi connectivity index (χ0v) is 19.7. The fourth-order valence-corrected chi connectivity index (χ4v) is 4.05. The number of piperazine rings is 1. The van der Waals surface area contributed by atoms with Gasteiger partial charge in [0.25, 0.3) is 0 Å². The van der Waals surface area contributed by atoms with Gasteiger partial charge in [-0.05, 0) is 42.9 Å². The maximum absolute atomic E-state index is 10.6. The second kappa shape index (κ2) is 10.7. The number of likely N-dealkylation sites (N-methyl/N-ethyl adjacent to an activating group) is 1. The van der Waals surface area contributed by atoms with Gasteiger partial charge in [-0.25, -0.2) is 4.98 Å². The molecule has 1 aromatic heterocycles. The molecule has 0 spiro atoms. The predicted octanol–water partition coefficient (Wildman–Crippen LogP) is 4.46. The molecule has 2 heterocycles. The molecular weight excluding hydrogens is 461 g/mol. The first kappa shape index (κ1) is 23.1. The van der Waals surface area contributed by atoms with Crippen LogP contribution in [0.4, 0.5) is 28.8 Å². The van der Waals surface area contributed by atoms with Crippen LogP contribution in [0.25, 0.3) is 0 Å². The predicted molar refractivity (Wildman–Crippen MR) is 135 cm³/mol. The van der Waals surface area contributed by atoms with Crippen LogP contribution < -0.4 is 20.9 Å². The molecule has 0 bridgehead atoms. The number of benzene rings is 2. The summed E-state index contributed by atoms with van der Waals surface area (Å²) < 4.78 is 0. The highest BCUT2D eigenvalue weighted by molar-refractivity contribution is 6.33. The van der Waals surface area contributed by atoms with Gasteiger partial charge in [0.15, 0.2) is 5.82 Å². The van der Waals surface area contributed by atoms with E-state index < -0.39 is 0 Å². The van der Waals surface area contributed by atoms with E-state index in [4.69, 9.17) is 23.2 Å². The highest BCUT2D eigenvalue weighted by Crippen LogP contribution is 2.31. The molecule has 0 unspecified atom stereocenters. The van der Waals surface area contributed by atoms with E-state index >= 15 is 0 Å². The van der Waals surface area contributed by atoms with Gasteiger partial charge in [-0.2, -0.15) is 4.98 Å². The second-order valence-corrected chi connectivity index (χ2v) is 8.60. The van der Waals surface area contributed by atoms with Crippen molar-refractivity contribution in [2.45, 2.75) is 6.54 Å². The Balaban J connectivity index is 1.43. The van der Waals surface area contributed by atoms with Crippen molar-refractivity contribution in [3.05, 3.63) is 64.3 Å². The quantitative estimate of drug-likeness (QED) is 0.406. The van der Waals surface area contributed by atoms with Crippen molar-refractivity contribution >= 4 is 58.4 Å². The zero-order chi connectivity index (χ0) is 23.2. The first-order chi connectivity index (χ1) is 16.0. The van der Waals surface area contributed by atoms with Crippen molar-refractivity contribution < 1.29 is 4.79 Å². The molecule has 1 fully saturated rings. The Bertz CT molecular complexity index is 1120. The van der Waals surface area contributed by atoms with E-state index in [0.29, 0.717) is 34.8 Å². The molecule has 33 heavy (non-hydrogen) atoms. The van der Waals surface area contributed by atoms with E-state index in [9.17, 15) is 4.79 Å². The second-order valence-electron chi connectivity index (χ2n) is 7.79. The smallest absolute Gasteiger partial charge is 0.229 e. The van der Waals surface area contributed by atoms with Gasteiger partial charge in [-0.15, -0.1) is 0 Å². The fraction of sp³-hybridized carbons (Fsp3) is 0.261. The number of aromatic nitrogens is 2.